The van der Waals surface area contributed by atoms with E-state index in [4.69, 9.17) is 4.74 Å². The molecule has 1 N–H and O–H groups in total. The van der Waals surface area contributed by atoms with Crippen LogP contribution in [0.1, 0.15) is 37.9 Å². The summed E-state index contributed by atoms with van der Waals surface area (Å²) in [5.74, 6) is 0.703. The van der Waals surface area contributed by atoms with Crippen LogP contribution in [0.2, 0.25) is 0 Å². The topological polar surface area (TPSA) is 21.3 Å². The maximum absolute atomic E-state index is 12.9. The number of hydrogen-bond donors (Lipinski definition) is 1. The van der Waals surface area contributed by atoms with Crippen molar-refractivity contribution in [3.63, 3.8) is 0 Å². The summed E-state index contributed by atoms with van der Waals surface area (Å²) in [6.45, 7) is 6.84. The highest BCUT2D eigenvalue weighted by molar-refractivity contribution is 5.35. The number of ether oxygens (including phenoxy) is 1. The Bertz CT molecular complexity index is 566. The van der Waals surface area contributed by atoms with E-state index in [-0.39, 0.29) is 18.0 Å². The average molecular weight is 287 g/mol. The molecule has 0 aliphatic rings. The summed E-state index contributed by atoms with van der Waals surface area (Å²) in [6.07, 6.45) is 0.149. The minimum absolute atomic E-state index is 0.149. The van der Waals surface area contributed by atoms with Crippen molar-refractivity contribution in [2.24, 2.45) is 0 Å². The molecule has 3 heteroatoms. The second-order valence-corrected chi connectivity index (χ2v) is 5.43. The van der Waals surface area contributed by atoms with E-state index in [2.05, 4.69) is 18.3 Å². The lowest BCUT2D eigenvalue weighted by Crippen LogP contribution is -2.19. The van der Waals surface area contributed by atoms with Gasteiger partial charge in [0, 0.05) is 18.2 Å². The third-order valence-electron chi connectivity index (χ3n) is 3.27. The van der Waals surface area contributed by atoms with E-state index < -0.39 is 0 Å². The molecule has 0 fully saturated rings. The van der Waals surface area contributed by atoms with E-state index in [9.17, 15) is 4.39 Å². The predicted molar refractivity (Wildman–Crippen MR) is 83.9 cm³/mol. The number of hydrogen-bond acceptors (Lipinski definition) is 2. The maximum atomic E-state index is 12.9. The molecular formula is C18H22FNO. The summed E-state index contributed by atoms with van der Waals surface area (Å²) in [7, 11) is 0. The van der Waals surface area contributed by atoms with Crippen LogP contribution in [0.25, 0.3) is 0 Å². The zero-order valence-electron chi connectivity index (χ0n) is 12.8. The molecule has 2 rings (SSSR count). The van der Waals surface area contributed by atoms with Gasteiger partial charge in [-0.05, 0) is 44.5 Å². The Hall–Kier alpha value is -1.87. The number of rotatable bonds is 6. The van der Waals surface area contributed by atoms with E-state index in [1.165, 1.54) is 12.1 Å². The molecule has 2 aromatic carbocycles. The molecule has 112 valence electrons. The lowest BCUT2D eigenvalue weighted by molar-refractivity contribution is 0.238. The SMILES string of the molecule is CC(C)Oc1ccccc1C(C)NCc1ccc(F)cc1. The summed E-state index contributed by atoms with van der Waals surface area (Å²) < 4.78 is 18.7. The minimum Gasteiger partial charge on any atom is -0.491 e. The van der Waals surface area contributed by atoms with Crippen LogP contribution in [0, 0.1) is 5.82 Å². The van der Waals surface area contributed by atoms with Crippen LogP contribution in [0.3, 0.4) is 0 Å². The first-order chi connectivity index (χ1) is 10.1. The normalized spacial score (nSPS) is 12.4. The van der Waals surface area contributed by atoms with Crippen LogP contribution in [-0.4, -0.2) is 6.10 Å². The van der Waals surface area contributed by atoms with Crippen LogP contribution in [0.5, 0.6) is 5.75 Å². The van der Waals surface area contributed by atoms with Gasteiger partial charge in [-0.2, -0.15) is 0 Å². The quantitative estimate of drug-likeness (QED) is 0.846. The monoisotopic (exact) mass is 287 g/mol. The molecule has 0 bridgehead atoms. The molecule has 0 aliphatic heterocycles. The van der Waals surface area contributed by atoms with Crippen LogP contribution in [0.4, 0.5) is 4.39 Å². The molecule has 2 aromatic rings. The second-order valence-electron chi connectivity index (χ2n) is 5.43. The van der Waals surface area contributed by atoms with E-state index in [0.717, 1.165) is 16.9 Å². The molecular weight excluding hydrogens is 265 g/mol. The van der Waals surface area contributed by atoms with E-state index in [1.54, 1.807) is 12.1 Å². The zero-order valence-corrected chi connectivity index (χ0v) is 12.8. The first-order valence-electron chi connectivity index (χ1n) is 7.29. The first-order valence-corrected chi connectivity index (χ1v) is 7.29. The van der Waals surface area contributed by atoms with Crippen LogP contribution >= 0.6 is 0 Å². The average Bonchev–Trinajstić information content (AvgIpc) is 2.46. The lowest BCUT2D eigenvalue weighted by Gasteiger charge is -2.20. The van der Waals surface area contributed by atoms with Gasteiger partial charge >= 0.3 is 0 Å². The summed E-state index contributed by atoms with van der Waals surface area (Å²) in [6, 6.07) is 14.8. The highest BCUT2D eigenvalue weighted by Crippen LogP contribution is 2.26. The van der Waals surface area contributed by atoms with Gasteiger partial charge in [-0.15, -0.1) is 0 Å². The maximum Gasteiger partial charge on any atom is 0.124 e. The number of para-hydroxylation sites is 1. The molecule has 0 aromatic heterocycles. The van der Waals surface area contributed by atoms with Gasteiger partial charge in [0.2, 0.25) is 0 Å². The fourth-order valence-electron chi connectivity index (χ4n) is 2.18. The standard InChI is InChI=1S/C18H22FNO/c1-13(2)21-18-7-5-4-6-17(18)14(3)20-12-15-8-10-16(19)11-9-15/h4-11,13-14,20H,12H2,1-3H3. The molecule has 0 aliphatic carbocycles. The summed E-state index contributed by atoms with van der Waals surface area (Å²) in [4.78, 5) is 0. The number of benzene rings is 2. The van der Waals surface area contributed by atoms with Crippen molar-refractivity contribution < 1.29 is 9.13 Å². The lowest BCUT2D eigenvalue weighted by atomic mass is 10.1. The summed E-state index contributed by atoms with van der Waals surface area (Å²) in [5, 5.41) is 3.45. The second kappa shape index (κ2) is 7.23. The zero-order chi connectivity index (χ0) is 15.2. The van der Waals surface area contributed by atoms with Crippen molar-refractivity contribution in [3.8, 4) is 5.75 Å². The Labute approximate surface area is 126 Å². The molecule has 21 heavy (non-hydrogen) atoms. The van der Waals surface area contributed by atoms with E-state index in [1.807, 2.05) is 32.0 Å². The highest BCUT2D eigenvalue weighted by atomic mass is 19.1. The number of halogens is 1. The van der Waals surface area contributed by atoms with Crippen molar-refractivity contribution in [1.82, 2.24) is 5.32 Å². The molecule has 1 atom stereocenters. The third-order valence-corrected chi connectivity index (χ3v) is 3.27. The van der Waals surface area contributed by atoms with Crippen LogP contribution in [0.15, 0.2) is 48.5 Å². The molecule has 0 amide bonds. The fourth-order valence-corrected chi connectivity index (χ4v) is 2.18. The smallest absolute Gasteiger partial charge is 0.124 e. The van der Waals surface area contributed by atoms with Crippen molar-refractivity contribution in [2.75, 3.05) is 0 Å². The van der Waals surface area contributed by atoms with Crippen LogP contribution in [-0.2, 0) is 6.54 Å². The van der Waals surface area contributed by atoms with Crippen LogP contribution < -0.4 is 10.1 Å². The molecule has 0 saturated heterocycles. The Kier molecular flexibility index (Phi) is 5.34. The van der Waals surface area contributed by atoms with Crippen molar-refractivity contribution in [2.45, 2.75) is 39.5 Å². The van der Waals surface area contributed by atoms with Crippen molar-refractivity contribution in [3.05, 3.63) is 65.5 Å². The van der Waals surface area contributed by atoms with Gasteiger partial charge in [0.15, 0.2) is 0 Å². The van der Waals surface area contributed by atoms with E-state index >= 15 is 0 Å². The minimum atomic E-state index is -0.206. The number of nitrogens with one attached hydrogen (secondary N) is 1. The first kappa shape index (κ1) is 15.5. The van der Waals surface area contributed by atoms with E-state index in [0.29, 0.717) is 6.54 Å². The molecule has 0 radical (unpaired) electrons. The van der Waals surface area contributed by atoms with Gasteiger partial charge in [0.05, 0.1) is 6.10 Å². The molecule has 2 nitrogen and oxygen atoms in total. The molecule has 0 saturated carbocycles. The Morgan fingerprint density at radius 2 is 1.67 bits per heavy atom. The Balaban J connectivity index is 2.03. The Morgan fingerprint density at radius 3 is 2.33 bits per heavy atom. The Morgan fingerprint density at radius 1 is 1.00 bits per heavy atom. The van der Waals surface area contributed by atoms with Crippen molar-refractivity contribution >= 4 is 0 Å². The van der Waals surface area contributed by atoms with Gasteiger partial charge < -0.3 is 10.1 Å². The molecule has 0 spiro atoms. The van der Waals surface area contributed by atoms with Crippen molar-refractivity contribution in [1.29, 1.82) is 0 Å². The fraction of sp³-hybridized carbons (Fsp3) is 0.333. The van der Waals surface area contributed by atoms with Gasteiger partial charge in [-0.25, -0.2) is 4.39 Å². The predicted octanol–water partition coefficient (Wildman–Crippen LogP) is 4.46. The molecule has 1 unspecified atom stereocenters. The van der Waals surface area contributed by atoms with Gasteiger partial charge in [-0.3, -0.25) is 0 Å². The third kappa shape index (κ3) is 4.57. The van der Waals surface area contributed by atoms with Gasteiger partial charge in [0.1, 0.15) is 11.6 Å². The summed E-state index contributed by atoms with van der Waals surface area (Å²) >= 11 is 0. The summed E-state index contributed by atoms with van der Waals surface area (Å²) in [5.41, 5.74) is 2.19. The highest BCUT2D eigenvalue weighted by Gasteiger charge is 2.11. The van der Waals surface area contributed by atoms with Gasteiger partial charge in [-0.1, -0.05) is 30.3 Å². The largest absolute Gasteiger partial charge is 0.491 e. The molecule has 0 heterocycles. The van der Waals surface area contributed by atoms with Gasteiger partial charge in [0.25, 0.3) is 0 Å².